The van der Waals surface area contributed by atoms with Crippen molar-refractivity contribution in [1.82, 2.24) is 0 Å². The zero-order valence-corrected chi connectivity index (χ0v) is 10.3. The SMILES string of the molecule is C#CCCC(=O)OC12CC3CC(CC(C3)C1)C2. The van der Waals surface area contributed by atoms with E-state index in [1.807, 2.05) is 0 Å². The Balaban J connectivity index is 1.66. The number of esters is 1. The molecule has 0 aromatic heterocycles. The van der Waals surface area contributed by atoms with Gasteiger partial charge in [-0.3, -0.25) is 4.79 Å². The quantitative estimate of drug-likeness (QED) is 0.552. The van der Waals surface area contributed by atoms with Gasteiger partial charge in [-0.05, 0) is 56.3 Å². The van der Waals surface area contributed by atoms with Gasteiger partial charge >= 0.3 is 5.97 Å². The molecular formula is C15H20O2. The smallest absolute Gasteiger partial charge is 0.307 e. The number of hydrogen-bond donors (Lipinski definition) is 0. The third-order valence-electron chi connectivity index (χ3n) is 4.79. The number of terminal acetylenes is 1. The van der Waals surface area contributed by atoms with Crippen molar-refractivity contribution in [3.05, 3.63) is 0 Å². The van der Waals surface area contributed by atoms with Crippen LogP contribution in [0.2, 0.25) is 0 Å². The second kappa shape index (κ2) is 4.05. The van der Waals surface area contributed by atoms with E-state index >= 15 is 0 Å². The normalized spacial score (nSPS) is 42.2. The molecule has 0 aromatic carbocycles. The van der Waals surface area contributed by atoms with Gasteiger partial charge in [-0.25, -0.2) is 0 Å². The van der Waals surface area contributed by atoms with Gasteiger partial charge in [0.2, 0.25) is 0 Å². The summed E-state index contributed by atoms with van der Waals surface area (Å²) in [5.74, 6) is 4.89. The Morgan fingerprint density at radius 1 is 1.18 bits per heavy atom. The molecule has 4 saturated carbocycles. The highest BCUT2D eigenvalue weighted by molar-refractivity contribution is 5.70. The van der Waals surface area contributed by atoms with Crippen LogP contribution in [0.25, 0.3) is 0 Å². The molecule has 17 heavy (non-hydrogen) atoms. The molecule has 0 heterocycles. The lowest BCUT2D eigenvalue weighted by molar-refractivity contribution is -0.186. The fourth-order valence-corrected chi connectivity index (χ4v) is 4.62. The minimum atomic E-state index is -0.0968. The topological polar surface area (TPSA) is 26.3 Å². The molecule has 0 spiro atoms. The van der Waals surface area contributed by atoms with E-state index in [0.717, 1.165) is 37.0 Å². The van der Waals surface area contributed by atoms with Gasteiger partial charge in [0.25, 0.3) is 0 Å². The molecular weight excluding hydrogens is 212 g/mol. The van der Waals surface area contributed by atoms with Crippen LogP contribution in [0.1, 0.15) is 51.4 Å². The van der Waals surface area contributed by atoms with E-state index in [1.54, 1.807) is 0 Å². The van der Waals surface area contributed by atoms with Crippen molar-refractivity contribution in [1.29, 1.82) is 0 Å². The molecule has 0 aromatic rings. The summed E-state index contributed by atoms with van der Waals surface area (Å²) in [7, 11) is 0. The van der Waals surface area contributed by atoms with Gasteiger partial charge in [0.05, 0.1) is 6.42 Å². The molecule has 4 fully saturated rings. The predicted octanol–water partition coefficient (Wildman–Crippen LogP) is 2.91. The van der Waals surface area contributed by atoms with Crippen LogP contribution in [0.3, 0.4) is 0 Å². The monoisotopic (exact) mass is 232 g/mol. The van der Waals surface area contributed by atoms with Gasteiger partial charge < -0.3 is 4.74 Å². The first-order valence-electron chi connectivity index (χ1n) is 6.84. The molecule has 2 nitrogen and oxygen atoms in total. The molecule has 0 atom stereocenters. The highest BCUT2D eigenvalue weighted by Crippen LogP contribution is 2.57. The van der Waals surface area contributed by atoms with E-state index in [1.165, 1.54) is 19.3 Å². The summed E-state index contributed by atoms with van der Waals surface area (Å²) in [6.07, 6.45) is 13.5. The van der Waals surface area contributed by atoms with E-state index in [-0.39, 0.29) is 11.6 Å². The predicted molar refractivity (Wildman–Crippen MR) is 65.1 cm³/mol. The maximum absolute atomic E-state index is 11.8. The summed E-state index contributed by atoms with van der Waals surface area (Å²) in [4.78, 5) is 11.8. The zero-order valence-electron chi connectivity index (χ0n) is 10.3. The van der Waals surface area contributed by atoms with Crippen molar-refractivity contribution in [2.45, 2.75) is 57.0 Å². The molecule has 0 unspecified atom stereocenters. The fourth-order valence-electron chi connectivity index (χ4n) is 4.62. The fraction of sp³-hybridized carbons (Fsp3) is 0.800. The molecule has 0 amide bonds. The minimum Gasteiger partial charge on any atom is -0.459 e. The first-order chi connectivity index (χ1) is 8.19. The first-order valence-corrected chi connectivity index (χ1v) is 6.84. The number of rotatable bonds is 3. The lowest BCUT2D eigenvalue weighted by atomic mass is 9.54. The summed E-state index contributed by atoms with van der Waals surface area (Å²) in [6.45, 7) is 0. The molecule has 92 valence electrons. The molecule has 0 N–H and O–H groups in total. The minimum absolute atomic E-state index is 0.0788. The summed E-state index contributed by atoms with van der Waals surface area (Å²) in [5, 5.41) is 0. The van der Waals surface area contributed by atoms with Crippen molar-refractivity contribution in [2.75, 3.05) is 0 Å². The summed E-state index contributed by atoms with van der Waals surface area (Å²) in [5.41, 5.74) is -0.0968. The first kappa shape index (κ1) is 11.1. The van der Waals surface area contributed by atoms with Crippen LogP contribution in [0.4, 0.5) is 0 Å². The van der Waals surface area contributed by atoms with Gasteiger partial charge in [-0.15, -0.1) is 12.3 Å². The standard InChI is InChI=1S/C15H20O2/c1-2-3-4-14(16)17-15-8-11-5-12(9-15)7-13(6-11)10-15/h1,11-13H,3-10H2. The Kier molecular flexibility index (Phi) is 2.65. The molecule has 4 aliphatic carbocycles. The van der Waals surface area contributed by atoms with Crippen molar-refractivity contribution in [2.24, 2.45) is 17.8 Å². The Bertz CT molecular complexity index is 328. The Morgan fingerprint density at radius 2 is 1.71 bits per heavy atom. The molecule has 4 aliphatic rings. The van der Waals surface area contributed by atoms with Crippen LogP contribution in [-0.4, -0.2) is 11.6 Å². The second-order valence-electron chi connectivity index (χ2n) is 6.28. The van der Waals surface area contributed by atoms with Crippen LogP contribution >= 0.6 is 0 Å². The van der Waals surface area contributed by atoms with E-state index in [0.29, 0.717) is 12.8 Å². The second-order valence-corrected chi connectivity index (χ2v) is 6.28. The van der Waals surface area contributed by atoms with Crippen molar-refractivity contribution < 1.29 is 9.53 Å². The van der Waals surface area contributed by atoms with Gasteiger partial charge in [0.15, 0.2) is 0 Å². The summed E-state index contributed by atoms with van der Waals surface area (Å²) < 4.78 is 5.82. The molecule has 0 radical (unpaired) electrons. The number of hydrogen-bond acceptors (Lipinski definition) is 2. The molecule has 4 rings (SSSR count). The summed E-state index contributed by atoms with van der Waals surface area (Å²) in [6, 6.07) is 0. The molecule has 0 saturated heterocycles. The van der Waals surface area contributed by atoms with Crippen molar-refractivity contribution in [3.8, 4) is 12.3 Å². The van der Waals surface area contributed by atoms with Gasteiger partial charge in [-0.2, -0.15) is 0 Å². The largest absolute Gasteiger partial charge is 0.459 e. The van der Waals surface area contributed by atoms with Crippen LogP contribution < -0.4 is 0 Å². The zero-order chi connectivity index (χ0) is 11.9. The lowest BCUT2D eigenvalue weighted by Crippen LogP contribution is -2.52. The molecule has 4 bridgehead atoms. The Morgan fingerprint density at radius 3 is 2.18 bits per heavy atom. The lowest BCUT2D eigenvalue weighted by Gasteiger charge is -2.55. The third-order valence-corrected chi connectivity index (χ3v) is 4.79. The average molecular weight is 232 g/mol. The highest BCUT2D eigenvalue weighted by Gasteiger charge is 2.53. The van der Waals surface area contributed by atoms with E-state index < -0.39 is 0 Å². The van der Waals surface area contributed by atoms with Crippen molar-refractivity contribution in [3.63, 3.8) is 0 Å². The van der Waals surface area contributed by atoms with E-state index in [4.69, 9.17) is 11.2 Å². The van der Waals surface area contributed by atoms with E-state index in [9.17, 15) is 4.79 Å². The van der Waals surface area contributed by atoms with E-state index in [2.05, 4.69) is 5.92 Å². The van der Waals surface area contributed by atoms with Gasteiger partial charge in [-0.1, -0.05) is 0 Å². The van der Waals surface area contributed by atoms with Crippen LogP contribution in [0.5, 0.6) is 0 Å². The van der Waals surface area contributed by atoms with Crippen LogP contribution in [-0.2, 0) is 9.53 Å². The number of carbonyl (C=O) groups is 1. The highest BCUT2D eigenvalue weighted by atomic mass is 16.6. The molecule has 2 heteroatoms. The van der Waals surface area contributed by atoms with Gasteiger partial charge in [0, 0.05) is 6.42 Å². The van der Waals surface area contributed by atoms with Crippen LogP contribution in [0.15, 0.2) is 0 Å². The maximum Gasteiger partial charge on any atom is 0.307 e. The van der Waals surface area contributed by atoms with Crippen molar-refractivity contribution >= 4 is 5.97 Å². The molecule has 0 aliphatic heterocycles. The number of carbonyl (C=O) groups excluding carboxylic acids is 1. The third kappa shape index (κ3) is 2.08. The maximum atomic E-state index is 11.8. The number of ether oxygens (including phenoxy) is 1. The Hall–Kier alpha value is -0.970. The summed E-state index contributed by atoms with van der Waals surface area (Å²) >= 11 is 0. The van der Waals surface area contributed by atoms with Gasteiger partial charge in [0.1, 0.15) is 5.60 Å². The average Bonchev–Trinajstić information content (AvgIpc) is 2.23. The Labute approximate surface area is 103 Å². The van der Waals surface area contributed by atoms with Crippen LogP contribution in [0, 0.1) is 30.1 Å².